The van der Waals surface area contributed by atoms with Gasteiger partial charge < -0.3 is 9.47 Å². The number of ether oxygens (including phenoxy) is 2. The first-order valence-electron chi connectivity index (χ1n) is 4.32. The lowest BCUT2D eigenvalue weighted by atomic mass is 10.2. The van der Waals surface area contributed by atoms with E-state index < -0.39 is 0 Å². The molecule has 2 aromatic rings. The van der Waals surface area contributed by atoms with Crippen LogP contribution >= 0.6 is 0 Å². The maximum absolute atomic E-state index is 5.23. The Kier molecular flexibility index (Phi) is 2.23. The van der Waals surface area contributed by atoms with E-state index in [-0.39, 0.29) is 0 Å². The molecule has 0 aliphatic rings. The molecule has 1 aromatic carbocycles. The van der Waals surface area contributed by atoms with Gasteiger partial charge in [-0.3, -0.25) is 4.98 Å². The highest BCUT2D eigenvalue weighted by atomic mass is 16.5. The summed E-state index contributed by atoms with van der Waals surface area (Å²) in [6, 6.07) is 7.68. The van der Waals surface area contributed by atoms with Crippen LogP contribution in [-0.2, 0) is 0 Å². The van der Waals surface area contributed by atoms with E-state index in [0.29, 0.717) is 0 Å². The molecule has 0 aliphatic heterocycles. The van der Waals surface area contributed by atoms with Gasteiger partial charge in [-0.25, -0.2) is 0 Å². The lowest BCUT2D eigenvalue weighted by Crippen LogP contribution is -1.88. The minimum absolute atomic E-state index is 0.738. The van der Waals surface area contributed by atoms with Gasteiger partial charge >= 0.3 is 0 Å². The minimum Gasteiger partial charge on any atom is -0.496 e. The van der Waals surface area contributed by atoms with Crippen LogP contribution in [0.1, 0.15) is 0 Å². The van der Waals surface area contributed by atoms with Crippen LogP contribution in [0.5, 0.6) is 11.5 Å². The molecule has 0 atom stereocenters. The van der Waals surface area contributed by atoms with E-state index >= 15 is 0 Å². The molecule has 0 unspecified atom stereocenters. The highest BCUT2D eigenvalue weighted by Crippen LogP contribution is 2.26. The van der Waals surface area contributed by atoms with Crippen molar-refractivity contribution >= 4 is 10.9 Å². The Bertz CT molecular complexity index is 454. The molecule has 0 radical (unpaired) electrons. The zero-order valence-corrected chi connectivity index (χ0v) is 8.15. The predicted molar refractivity (Wildman–Crippen MR) is 54.8 cm³/mol. The molecule has 0 fully saturated rings. The largest absolute Gasteiger partial charge is 0.496 e. The molecular weight excluding hydrogens is 178 g/mol. The summed E-state index contributed by atoms with van der Waals surface area (Å²) in [5, 5.41) is 0.967. The average Bonchev–Trinajstić information content (AvgIpc) is 2.27. The number of hydrogen-bond donors (Lipinski definition) is 0. The van der Waals surface area contributed by atoms with Crippen LogP contribution in [0.4, 0.5) is 0 Å². The van der Waals surface area contributed by atoms with E-state index in [0.717, 1.165) is 22.4 Å². The van der Waals surface area contributed by atoms with E-state index in [1.54, 1.807) is 20.4 Å². The Morgan fingerprint density at radius 3 is 2.71 bits per heavy atom. The Morgan fingerprint density at radius 1 is 1.14 bits per heavy atom. The van der Waals surface area contributed by atoms with E-state index in [1.807, 2.05) is 24.3 Å². The number of benzene rings is 1. The second kappa shape index (κ2) is 3.54. The third kappa shape index (κ3) is 1.37. The Hall–Kier alpha value is -1.77. The fourth-order valence-electron chi connectivity index (χ4n) is 1.39. The van der Waals surface area contributed by atoms with Gasteiger partial charge in [0.15, 0.2) is 0 Å². The molecule has 2 rings (SSSR count). The highest BCUT2D eigenvalue weighted by Gasteiger charge is 2.02. The van der Waals surface area contributed by atoms with Crippen molar-refractivity contribution in [3.05, 3.63) is 30.5 Å². The van der Waals surface area contributed by atoms with Crippen LogP contribution in [0.25, 0.3) is 10.9 Å². The van der Waals surface area contributed by atoms with Crippen LogP contribution in [0.15, 0.2) is 30.5 Å². The fraction of sp³-hybridized carbons (Fsp3) is 0.182. The monoisotopic (exact) mass is 189 g/mol. The van der Waals surface area contributed by atoms with E-state index in [1.165, 1.54) is 0 Å². The molecule has 0 N–H and O–H groups in total. The van der Waals surface area contributed by atoms with Crippen molar-refractivity contribution in [2.45, 2.75) is 0 Å². The van der Waals surface area contributed by atoms with Crippen LogP contribution in [0.2, 0.25) is 0 Å². The quantitative estimate of drug-likeness (QED) is 0.726. The summed E-state index contributed by atoms with van der Waals surface area (Å²) >= 11 is 0. The molecule has 1 heterocycles. The molecule has 0 bridgehead atoms. The molecular formula is C11H11NO2. The molecule has 1 aromatic heterocycles. The van der Waals surface area contributed by atoms with Crippen molar-refractivity contribution in [2.75, 3.05) is 14.2 Å². The van der Waals surface area contributed by atoms with E-state index in [4.69, 9.17) is 9.47 Å². The van der Waals surface area contributed by atoms with Crippen LogP contribution < -0.4 is 9.47 Å². The van der Waals surface area contributed by atoms with Gasteiger partial charge in [0, 0.05) is 5.39 Å². The van der Waals surface area contributed by atoms with Crippen LogP contribution in [0.3, 0.4) is 0 Å². The lowest BCUT2D eigenvalue weighted by Gasteiger charge is -2.05. The second-order valence-electron chi connectivity index (χ2n) is 2.90. The minimum atomic E-state index is 0.738. The van der Waals surface area contributed by atoms with Crippen molar-refractivity contribution in [2.24, 2.45) is 0 Å². The van der Waals surface area contributed by atoms with Gasteiger partial charge in [0.05, 0.1) is 25.9 Å². The molecule has 3 nitrogen and oxygen atoms in total. The number of fused-ring (bicyclic) bond motifs is 1. The SMILES string of the molecule is COc1cnc2cccc(OC)c2c1. The predicted octanol–water partition coefficient (Wildman–Crippen LogP) is 2.25. The van der Waals surface area contributed by atoms with Crippen molar-refractivity contribution in [3.8, 4) is 11.5 Å². The van der Waals surface area contributed by atoms with Gasteiger partial charge in [-0.2, -0.15) is 0 Å². The average molecular weight is 189 g/mol. The second-order valence-corrected chi connectivity index (χ2v) is 2.90. The molecule has 0 spiro atoms. The summed E-state index contributed by atoms with van der Waals surface area (Å²) in [7, 11) is 3.27. The number of pyridine rings is 1. The lowest BCUT2D eigenvalue weighted by molar-refractivity contribution is 0.410. The molecule has 3 heteroatoms. The van der Waals surface area contributed by atoms with Crippen molar-refractivity contribution in [1.82, 2.24) is 4.98 Å². The first-order chi connectivity index (χ1) is 6.85. The summed E-state index contributed by atoms with van der Waals surface area (Å²) in [4.78, 5) is 4.26. The van der Waals surface area contributed by atoms with Crippen molar-refractivity contribution in [3.63, 3.8) is 0 Å². The Balaban J connectivity index is 2.70. The normalized spacial score (nSPS) is 10.1. The van der Waals surface area contributed by atoms with E-state index in [9.17, 15) is 0 Å². The third-order valence-corrected chi connectivity index (χ3v) is 2.12. The van der Waals surface area contributed by atoms with Gasteiger partial charge in [-0.1, -0.05) is 6.07 Å². The maximum atomic E-state index is 5.23. The van der Waals surface area contributed by atoms with Gasteiger partial charge in [0.1, 0.15) is 11.5 Å². The third-order valence-electron chi connectivity index (χ3n) is 2.12. The van der Waals surface area contributed by atoms with Gasteiger partial charge in [0.2, 0.25) is 0 Å². The first kappa shape index (κ1) is 8.81. The summed E-state index contributed by atoms with van der Waals surface area (Å²) in [6.07, 6.45) is 1.70. The standard InChI is InChI=1S/C11H11NO2/c1-13-8-6-9-10(12-7-8)4-3-5-11(9)14-2/h3-7H,1-2H3. The molecule has 0 saturated heterocycles. The smallest absolute Gasteiger partial charge is 0.137 e. The van der Waals surface area contributed by atoms with Gasteiger partial charge in [-0.05, 0) is 18.2 Å². The van der Waals surface area contributed by atoms with Gasteiger partial charge in [-0.15, -0.1) is 0 Å². The zero-order valence-electron chi connectivity index (χ0n) is 8.15. The van der Waals surface area contributed by atoms with E-state index in [2.05, 4.69) is 4.98 Å². The Morgan fingerprint density at radius 2 is 2.00 bits per heavy atom. The maximum Gasteiger partial charge on any atom is 0.137 e. The molecule has 14 heavy (non-hydrogen) atoms. The van der Waals surface area contributed by atoms with Crippen molar-refractivity contribution < 1.29 is 9.47 Å². The Labute approximate surface area is 82.3 Å². The van der Waals surface area contributed by atoms with Gasteiger partial charge in [0.25, 0.3) is 0 Å². The van der Waals surface area contributed by atoms with Crippen LogP contribution in [-0.4, -0.2) is 19.2 Å². The fourth-order valence-corrected chi connectivity index (χ4v) is 1.39. The number of nitrogens with zero attached hydrogens (tertiary/aromatic N) is 1. The summed E-state index contributed by atoms with van der Waals surface area (Å²) < 4.78 is 10.3. The molecule has 0 amide bonds. The molecule has 72 valence electrons. The number of aromatic nitrogens is 1. The summed E-state index contributed by atoms with van der Waals surface area (Å²) in [6.45, 7) is 0. The first-order valence-corrected chi connectivity index (χ1v) is 4.32. The zero-order chi connectivity index (χ0) is 9.97. The highest BCUT2D eigenvalue weighted by molar-refractivity contribution is 5.86. The van der Waals surface area contributed by atoms with Crippen LogP contribution in [0, 0.1) is 0 Å². The number of hydrogen-bond acceptors (Lipinski definition) is 3. The van der Waals surface area contributed by atoms with Crippen molar-refractivity contribution in [1.29, 1.82) is 0 Å². The molecule has 0 saturated carbocycles. The summed E-state index contributed by atoms with van der Waals surface area (Å²) in [5.74, 6) is 1.55. The summed E-state index contributed by atoms with van der Waals surface area (Å²) in [5.41, 5.74) is 0.908. The topological polar surface area (TPSA) is 31.4 Å². The number of methoxy groups -OCH3 is 2. The number of rotatable bonds is 2. The molecule has 0 aliphatic carbocycles.